The number of nitrogens with one attached hydrogen (secondary N) is 1. The van der Waals surface area contributed by atoms with Gasteiger partial charge in [0.05, 0.1) is 13.2 Å². The Bertz CT molecular complexity index is 307. The molecule has 0 saturated heterocycles. The van der Waals surface area contributed by atoms with Crippen LogP contribution in [0, 0.1) is 0 Å². The Balaban J connectivity index is 3.41. The largest absolute Gasteiger partial charge is 0.465 e. The fourth-order valence-electron chi connectivity index (χ4n) is 2.42. The first kappa shape index (κ1) is 21.7. The minimum atomic E-state index is -0.962. The number of amides is 2. The van der Waals surface area contributed by atoms with Crippen LogP contribution in [0.25, 0.3) is 0 Å². The summed E-state index contributed by atoms with van der Waals surface area (Å²) in [5.41, 5.74) is 0. The van der Waals surface area contributed by atoms with Gasteiger partial charge in [0.25, 0.3) is 0 Å². The Kier molecular flexibility index (Phi) is 14.6. The van der Waals surface area contributed by atoms with Gasteiger partial charge in [-0.25, -0.2) is 4.79 Å². The molecule has 4 N–H and O–H groups in total. The van der Waals surface area contributed by atoms with Crippen LogP contribution in [0.3, 0.4) is 0 Å². The van der Waals surface area contributed by atoms with E-state index in [0.717, 1.165) is 51.4 Å². The number of aliphatic hydroxyl groups excluding tert-OH is 2. The summed E-state index contributed by atoms with van der Waals surface area (Å²) in [6.45, 7) is 0.948. The van der Waals surface area contributed by atoms with E-state index in [1.807, 2.05) is 0 Å². The van der Waals surface area contributed by atoms with Gasteiger partial charge >= 0.3 is 6.09 Å². The van der Waals surface area contributed by atoms with E-state index in [1.54, 1.807) is 0 Å². The smallest absolute Gasteiger partial charge is 0.404 e. The maximum absolute atomic E-state index is 11.9. The zero-order valence-electron chi connectivity index (χ0n) is 14.0. The Morgan fingerprint density at radius 3 is 1.74 bits per heavy atom. The van der Waals surface area contributed by atoms with Gasteiger partial charge in [-0.2, -0.15) is 0 Å². The molecule has 0 radical (unpaired) electrons. The Hall–Kier alpha value is -1.34. The van der Waals surface area contributed by atoms with Gasteiger partial charge in [-0.1, -0.05) is 38.5 Å². The maximum Gasteiger partial charge on any atom is 0.404 e. The van der Waals surface area contributed by atoms with Crippen molar-refractivity contribution in [1.29, 1.82) is 0 Å². The van der Waals surface area contributed by atoms with Gasteiger partial charge in [0, 0.05) is 26.1 Å². The number of hydrogen-bond donors (Lipinski definition) is 4. The van der Waals surface area contributed by atoms with Crippen molar-refractivity contribution in [3.8, 4) is 0 Å². The molecule has 0 aromatic heterocycles. The molecule has 23 heavy (non-hydrogen) atoms. The molecule has 0 aromatic carbocycles. The van der Waals surface area contributed by atoms with E-state index in [-0.39, 0.29) is 32.2 Å². The Labute approximate surface area is 138 Å². The number of aliphatic hydroxyl groups is 2. The van der Waals surface area contributed by atoms with Crippen molar-refractivity contribution in [1.82, 2.24) is 10.2 Å². The summed E-state index contributed by atoms with van der Waals surface area (Å²) in [4.78, 5) is 23.6. The molecule has 0 aromatic rings. The molecule has 7 heteroatoms. The Morgan fingerprint density at radius 1 is 0.783 bits per heavy atom. The molecule has 2 amide bonds. The van der Waals surface area contributed by atoms with Gasteiger partial charge in [0.1, 0.15) is 0 Å². The molecule has 0 heterocycles. The zero-order valence-corrected chi connectivity index (χ0v) is 14.0. The average Bonchev–Trinajstić information content (AvgIpc) is 2.51. The molecule has 0 atom stereocenters. The zero-order chi connectivity index (χ0) is 17.3. The fourth-order valence-corrected chi connectivity index (χ4v) is 2.42. The molecule has 0 saturated carbocycles. The first-order chi connectivity index (χ1) is 11.1. The molecule has 0 bridgehead atoms. The number of carbonyl (C=O) groups is 2. The molecule has 7 nitrogen and oxygen atoms in total. The SMILES string of the molecule is O=C(O)NCCCCCCCCCCC(=O)N(CCO)CCO. The van der Waals surface area contributed by atoms with Gasteiger partial charge in [0.15, 0.2) is 0 Å². The first-order valence-electron chi connectivity index (χ1n) is 8.58. The number of unbranched alkanes of at least 4 members (excludes halogenated alkanes) is 7. The van der Waals surface area contributed by atoms with Crippen LogP contribution in [0.2, 0.25) is 0 Å². The molecule has 0 aliphatic rings. The molecule has 0 aliphatic heterocycles. The minimum absolute atomic E-state index is 0.000898. The Morgan fingerprint density at radius 2 is 1.26 bits per heavy atom. The third-order valence-electron chi connectivity index (χ3n) is 3.69. The predicted octanol–water partition coefficient (Wildman–Crippen LogP) is 1.58. The highest BCUT2D eigenvalue weighted by Crippen LogP contribution is 2.10. The molecule has 0 fully saturated rings. The molecule has 0 spiro atoms. The molecule has 0 rings (SSSR count). The lowest BCUT2D eigenvalue weighted by Gasteiger charge is -2.20. The topological polar surface area (TPSA) is 110 Å². The van der Waals surface area contributed by atoms with Crippen molar-refractivity contribution in [2.24, 2.45) is 0 Å². The lowest BCUT2D eigenvalue weighted by atomic mass is 10.1. The monoisotopic (exact) mass is 332 g/mol. The maximum atomic E-state index is 11.9. The van der Waals surface area contributed by atoms with Crippen LogP contribution >= 0.6 is 0 Å². The van der Waals surface area contributed by atoms with Gasteiger partial charge in [-0.05, 0) is 12.8 Å². The van der Waals surface area contributed by atoms with Crippen LogP contribution in [0.15, 0.2) is 0 Å². The van der Waals surface area contributed by atoms with Gasteiger partial charge in [0.2, 0.25) is 5.91 Å². The van der Waals surface area contributed by atoms with Crippen molar-refractivity contribution < 1.29 is 24.9 Å². The second-order valence-corrected chi connectivity index (χ2v) is 5.64. The number of hydrogen-bond acceptors (Lipinski definition) is 4. The standard InChI is InChI=1S/C16H32N2O5/c19-13-11-18(12-14-20)15(21)9-7-5-3-1-2-4-6-8-10-17-16(22)23/h17,19-20H,1-14H2,(H,22,23). The molecule has 0 aliphatic carbocycles. The van der Waals surface area contributed by atoms with E-state index in [9.17, 15) is 9.59 Å². The molecular weight excluding hydrogens is 300 g/mol. The second-order valence-electron chi connectivity index (χ2n) is 5.64. The first-order valence-corrected chi connectivity index (χ1v) is 8.58. The van der Waals surface area contributed by atoms with Crippen LogP contribution in [-0.4, -0.2) is 65.1 Å². The van der Waals surface area contributed by atoms with E-state index in [4.69, 9.17) is 15.3 Å². The summed E-state index contributed by atoms with van der Waals surface area (Å²) in [6, 6.07) is 0. The summed E-state index contributed by atoms with van der Waals surface area (Å²) in [5, 5.41) is 28.5. The highest BCUT2D eigenvalue weighted by atomic mass is 16.4. The van der Waals surface area contributed by atoms with Crippen LogP contribution in [0.1, 0.15) is 57.8 Å². The second kappa shape index (κ2) is 15.6. The minimum Gasteiger partial charge on any atom is -0.465 e. The number of carboxylic acid groups (broad SMARTS) is 1. The molecular formula is C16H32N2O5. The van der Waals surface area contributed by atoms with E-state index in [1.165, 1.54) is 4.90 Å². The third kappa shape index (κ3) is 14.0. The highest BCUT2D eigenvalue weighted by molar-refractivity contribution is 5.76. The van der Waals surface area contributed by atoms with Crippen molar-refractivity contribution in [3.63, 3.8) is 0 Å². The normalized spacial score (nSPS) is 10.5. The number of rotatable bonds is 15. The summed E-state index contributed by atoms with van der Waals surface area (Å²) >= 11 is 0. The quantitative estimate of drug-likeness (QED) is 0.340. The highest BCUT2D eigenvalue weighted by Gasteiger charge is 2.11. The summed E-state index contributed by atoms with van der Waals surface area (Å²) in [6.07, 6.45) is 7.77. The number of nitrogens with zero attached hydrogens (tertiary/aromatic N) is 1. The third-order valence-corrected chi connectivity index (χ3v) is 3.69. The predicted molar refractivity (Wildman–Crippen MR) is 88.3 cm³/mol. The fraction of sp³-hybridized carbons (Fsp3) is 0.875. The van der Waals surface area contributed by atoms with Gasteiger partial charge < -0.3 is 25.5 Å². The van der Waals surface area contributed by atoms with Crippen molar-refractivity contribution in [2.45, 2.75) is 57.8 Å². The van der Waals surface area contributed by atoms with E-state index in [2.05, 4.69) is 5.32 Å². The van der Waals surface area contributed by atoms with Crippen LogP contribution in [0.4, 0.5) is 4.79 Å². The van der Waals surface area contributed by atoms with E-state index < -0.39 is 6.09 Å². The van der Waals surface area contributed by atoms with Crippen molar-refractivity contribution in [2.75, 3.05) is 32.8 Å². The summed E-state index contributed by atoms with van der Waals surface area (Å²) in [7, 11) is 0. The van der Waals surface area contributed by atoms with Gasteiger partial charge in [-0.15, -0.1) is 0 Å². The van der Waals surface area contributed by atoms with Crippen molar-refractivity contribution in [3.05, 3.63) is 0 Å². The van der Waals surface area contributed by atoms with E-state index in [0.29, 0.717) is 13.0 Å². The van der Waals surface area contributed by atoms with Crippen LogP contribution < -0.4 is 5.32 Å². The van der Waals surface area contributed by atoms with Gasteiger partial charge in [-0.3, -0.25) is 4.79 Å². The lowest BCUT2D eigenvalue weighted by Crippen LogP contribution is -2.35. The van der Waals surface area contributed by atoms with E-state index >= 15 is 0 Å². The van der Waals surface area contributed by atoms with Crippen molar-refractivity contribution >= 4 is 12.0 Å². The summed E-state index contributed by atoms with van der Waals surface area (Å²) < 4.78 is 0. The molecule has 0 unspecified atom stereocenters. The molecule has 136 valence electrons. The van der Waals surface area contributed by atoms with Crippen LogP contribution in [0.5, 0.6) is 0 Å². The average molecular weight is 332 g/mol. The summed E-state index contributed by atoms with van der Waals surface area (Å²) in [5.74, 6) is -0.000898. The number of carbonyl (C=O) groups excluding carboxylic acids is 1. The van der Waals surface area contributed by atoms with Crippen LogP contribution in [-0.2, 0) is 4.79 Å². The lowest BCUT2D eigenvalue weighted by molar-refractivity contribution is -0.132.